The standard InChI is InChI=1S/C13H20N4O/c1-10(2)9-18-7-6-14-13-15-12-5-4-11(3)8-17(12)16-13/h4-5,8,10H,6-7,9H2,1-3H3,(H,14,16). The van der Waals surface area contributed by atoms with E-state index >= 15 is 0 Å². The van der Waals surface area contributed by atoms with E-state index in [-0.39, 0.29) is 0 Å². The second-order valence-electron chi connectivity index (χ2n) is 4.84. The lowest BCUT2D eigenvalue weighted by Gasteiger charge is -2.06. The Kier molecular flexibility index (Phi) is 4.15. The Morgan fingerprint density at radius 2 is 2.22 bits per heavy atom. The van der Waals surface area contributed by atoms with Crippen molar-refractivity contribution in [3.05, 3.63) is 23.9 Å². The van der Waals surface area contributed by atoms with Gasteiger partial charge in [0.05, 0.1) is 6.61 Å². The highest BCUT2D eigenvalue weighted by atomic mass is 16.5. The zero-order valence-electron chi connectivity index (χ0n) is 11.2. The van der Waals surface area contributed by atoms with Crippen LogP contribution in [-0.2, 0) is 4.74 Å². The van der Waals surface area contributed by atoms with Crippen LogP contribution in [0.15, 0.2) is 18.3 Å². The molecule has 0 aromatic carbocycles. The third-order valence-corrected chi connectivity index (χ3v) is 2.46. The SMILES string of the molecule is Cc1ccc2nc(NCCOCC(C)C)nn2c1. The maximum Gasteiger partial charge on any atom is 0.243 e. The molecule has 0 unspecified atom stereocenters. The molecular formula is C13H20N4O. The molecule has 18 heavy (non-hydrogen) atoms. The number of hydrogen-bond acceptors (Lipinski definition) is 4. The molecule has 5 nitrogen and oxygen atoms in total. The average Bonchev–Trinajstić information content (AvgIpc) is 2.70. The smallest absolute Gasteiger partial charge is 0.243 e. The fourth-order valence-corrected chi connectivity index (χ4v) is 1.61. The highest BCUT2D eigenvalue weighted by molar-refractivity contribution is 5.43. The van der Waals surface area contributed by atoms with E-state index in [2.05, 4.69) is 29.2 Å². The summed E-state index contributed by atoms with van der Waals surface area (Å²) in [6.45, 7) is 8.50. The number of pyridine rings is 1. The van der Waals surface area contributed by atoms with Crippen LogP contribution in [0.2, 0.25) is 0 Å². The third kappa shape index (κ3) is 3.43. The second kappa shape index (κ2) is 5.82. The predicted octanol–water partition coefficient (Wildman–Crippen LogP) is 2.12. The highest BCUT2D eigenvalue weighted by Crippen LogP contribution is 2.06. The summed E-state index contributed by atoms with van der Waals surface area (Å²) in [5, 5.41) is 7.50. The number of nitrogens with zero attached hydrogens (tertiary/aromatic N) is 3. The Morgan fingerprint density at radius 3 is 3.00 bits per heavy atom. The van der Waals surface area contributed by atoms with E-state index in [1.54, 1.807) is 4.52 Å². The van der Waals surface area contributed by atoms with Gasteiger partial charge in [0.1, 0.15) is 0 Å². The number of rotatable bonds is 6. The van der Waals surface area contributed by atoms with Crippen LogP contribution >= 0.6 is 0 Å². The van der Waals surface area contributed by atoms with Gasteiger partial charge in [0.2, 0.25) is 5.95 Å². The summed E-state index contributed by atoms with van der Waals surface area (Å²) in [5.74, 6) is 1.22. The maximum atomic E-state index is 5.49. The second-order valence-corrected chi connectivity index (χ2v) is 4.84. The van der Waals surface area contributed by atoms with Crippen LogP contribution in [0.1, 0.15) is 19.4 Å². The van der Waals surface area contributed by atoms with Crippen LogP contribution < -0.4 is 5.32 Å². The van der Waals surface area contributed by atoms with Gasteiger partial charge in [0.15, 0.2) is 5.65 Å². The van der Waals surface area contributed by atoms with Gasteiger partial charge in [-0.2, -0.15) is 4.98 Å². The van der Waals surface area contributed by atoms with E-state index < -0.39 is 0 Å². The molecular weight excluding hydrogens is 228 g/mol. The first-order valence-corrected chi connectivity index (χ1v) is 6.30. The maximum absolute atomic E-state index is 5.49. The molecule has 2 aromatic rings. The Bertz CT molecular complexity index is 507. The lowest BCUT2D eigenvalue weighted by atomic mass is 10.2. The number of hydrogen-bond donors (Lipinski definition) is 1. The van der Waals surface area contributed by atoms with Gasteiger partial charge < -0.3 is 10.1 Å². The Balaban J connectivity index is 1.84. The van der Waals surface area contributed by atoms with Gasteiger partial charge in [-0.25, -0.2) is 4.52 Å². The first-order chi connectivity index (χ1) is 8.65. The lowest BCUT2D eigenvalue weighted by molar-refractivity contribution is 0.118. The van der Waals surface area contributed by atoms with E-state index in [0.717, 1.165) is 18.8 Å². The molecule has 0 aliphatic heterocycles. The molecule has 5 heteroatoms. The first kappa shape index (κ1) is 12.8. The van der Waals surface area contributed by atoms with Crippen molar-refractivity contribution >= 4 is 11.6 Å². The van der Waals surface area contributed by atoms with Gasteiger partial charge in [-0.15, -0.1) is 5.10 Å². The van der Waals surface area contributed by atoms with Crippen molar-refractivity contribution in [2.24, 2.45) is 5.92 Å². The summed E-state index contributed by atoms with van der Waals surface area (Å²) in [5.41, 5.74) is 2.02. The summed E-state index contributed by atoms with van der Waals surface area (Å²) in [7, 11) is 0. The van der Waals surface area contributed by atoms with E-state index in [4.69, 9.17) is 4.74 Å². The molecule has 0 fully saturated rings. The zero-order valence-corrected chi connectivity index (χ0v) is 11.2. The number of fused-ring (bicyclic) bond motifs is 1. The van der Waals surface area contributed by atoms with Crippen LogP contribution in [0.5, 0.6) is 0 Å². The van der Waals surface area contributed by atoms with Crippen molar-refractivity contribution in [1.82, 2.24) is 14.6 Å². The van der Waals surface area contributed by atoms with E-state index in [1.807, 2.05) is 25.3 Å². The van der Waals surface area contributed by atoms with E-state index in [0.29, 0.717) is 18.5 Å². The molecule has 2 rings (SSSR count). The van der Waals surface area contributed by atoms with Crippen molar-refractivity contribution in [3.8, 4) is 0 Å². The predicted molar refractivity (Wildman–Crippen MR) is 71.9 cm³/mol. The fraction of sp³-hybridized carbons (Fsp3) is 0.538. The quantitative estimate of drug-likeness (QED) is 0.796. The molecule has 0 aliphatic rings. The molecule has 0 saturated heterocycles. The molecule has 0 radical (unpaired) electrons. The molecule has 0 saturated carbocycles. The largest absolute Gasteiger partial charge is 0.379 e. The number of anilines is 1. The zero-order chi connectivity index (χ0) is 13.0. The summed E-state index contributed by atoms with van der Waals surface area (Å²) in [6, 6.07) is 3.99. The third-order valence-electron chi connectivity index (χ3n) is 2.46. The normalized spacial score (nSPS) is 11.3. The number of aromatic nitrogens is 3. The van der Waals surface area contributed by atoms with E-state index in [9.17, 15) is 0 Å². The summed E-state index contributed by atoms with van der Waals surface area (Å²) in [6.07, 6.45) is 1.96. The molecule has 0 bridgehead atoms. The van der Waals surface area contributed by atoms with Crippen LogP contribution in [0.4, 0.5) is 5.95 Å². The van der Waals surface area contributed by atoms with Crippen molar-refractivity contribution in [3.63, 3.8) is 0 Å². The van der Waals surface area contributed by atoms with E-state index in [1.165, 1.54) is 5.56 Å². The van der Waals surface area contributed by atoms with Crippen molar-refractivity contribution in [2.45, 2.75) is 20.8 Å². The summed E-state index contributed by atoms with van der Waals surface area (Å²) >= 11 is 0. The van der Waals surface area contributed by atoms with Gasteiger partial charge in [0.25, 0.3) is 0 Å². The van der Waals surface area contributed by atoms with Crippen LogP contribution in [0.25, 0.3) is 5.65 Å². The van der Waals surface area contributed by atoms with Gasteiger partial charge in [-0.05, 0) is 24.5 Å². The molecule has 2 aromatic heterocycles. The Hall–Kier alpha value is -1.62. The minimum absolute atomic E-state index is 0.571. The number of nitrogens with one attached hydrogen (secondary N) is 1. The van der Waals surface area contributed by atoms with Crippen LogP contribution in [-0.4, -0.2) is 34.4 Å². The lowest BCUT2D eigenvalue weighted by Crippen LogP contribution is -2.12. The van der Waals surface area contributed by atoms with Crippen molar-refractivity contribution < 1.29 is 4.74 Å². The van der Waals surface area contributed by atoms with Crippen LogP contribution in [0, 0.1) is 12.8 Å². The highest BCUT2D eigenvalue weighted by Gasteiger charge is 2.02. The van der Waals surface area contributed by atoms with Gasteiger partial charge >= 0.3 is 0 Å². The molecule has 0 amide bonds. The molecule has 1 N–H and O–H groups in total. The fourth-order valence-electron chi connectivity index (χ4n) is 1.61. The van der Waals surface area contributed by atoms with Crippen molar-refractivity contribution in [2.75, 3.05) is 25.1 Å². The number of ether oxygens (including phenoxy) is 1. The number of aryl methyl sites for hydroxylation is 1. The molecule has 0 spiro atoms. The van der Waals surface area contributed by atoms with Gasteiger partial charge in [-0.1, -0.05) is 19.9 Å². The van der Waals surface area contributed by atoms with Gasteiger partial charge in [-0.3, -0.25) is 0 Å². The van der Waals surface area contributed by atoms with Gasteiger partial charge in [0, 0.05) is 19.3 Å². The first-order valence-electron chi connectivity index (χ1n) is 6.30. The summed E-state index contributed by atoms with van der Waals surface area (Å²) < 4.78 is 7.27. The minimum Gasteiger partial charge on any atom is -0.379 e. The molecule has 2 heterocycles. The Morgan fingerprint density at radius 1 is 1.39 bits per heavy atom. The summed E-state index contributed by atoms with van der Waals surface area (Å²) in [4.78, 5) is 4.37. The van der Waals surface area contributed by atoms with Crippen molar-refractivity contribution in [1.29, 1.82) is 0 Å². The van der Waals surface area contributed by atoms with Crippen LogP contribution in [0.3, 0.4) is 0 Å². The average molecular weight is 248 g/mol. The monoisotopic (exact) mass is 248 g/mol. The molecule has 98 valence electrons. The molecule has 0 aliphatic carbocycles. The molecule has 0 atom stereocenters. The Labute approximate surface area is 107 Å². The topological polar surface area (TPSA) is 51.5 Å². The minimum atomic E-state index is 0.571.